The van der Waals surface area contributed by atoms with Crippen LogP contribution in [0.1, 0.15) is 6.92 Å². The molecular formula is C8H9BrFNO4S2. The second kappa shape index (κ2) is 5.42. The van der Waals surface area contributed by atoms with Crippen LogP contribution in [0.15, 0.2) is 22.7 Å². The fourth-order valence-corrected chi connectivity index (χ4v) is 3.16. The van der Waals surface area contributed by atoms with Gasteiger partial charge >= 0.3 is 0 Å². The van der Waals surface area contributed by atoms with E-state index in [1.807, 2.05) is 0 Å². The molecule has 0 saturated carbocycles. The number of benzene rings is 1. The minimum atomic E-state index is -4.00. The Morgan fingerprint density at radius 1 is 1.53 bits per heavy atom. The molecule has 0 spiro atoms. The van der Waals surface area contributed by atoms with Crippen LogP contribution in [0.3, 0.4) is 0 Å². The number of rotatable bonds is 4. The highest BCUT2D eigenvalue weighted by atomic mass is 79.9. The van der Waals surface area contributed by atoms with Gasteiger partial charge in [-0.3, -0.25) is 4.72 Å². The van der Waals surface area contributed by atoms with Crippen molar-refractivity contribution >= 4 is 42.7 Å². The Morgan fingerprint density at radius 3 is 2.59 bits per heavy atom. The quantitative estimate of drug-likeness (QED) is 0.816. The average Bonchev–Trinajstić information content (AvgIpc) is 2.21. The first-order valence-corrected chi connectivity index (χ1v) is 7.81. The summed E-state index contributed by atoms with van der Waals surface area (Å²) in [5.74, 6) is -0.529. The number of hydrogen-bond acceptors (Lipinski definition) is 3. The first kappa shape index (κ1) is 14.6. The third-order valence-corrected chi connectivity index (χ3v) is 5.76. The van der Waals surface area contributed by atoms with Crippen molar-refractivity contribution in [1.29, 1.82) is 0 Å². The Hall–Kier alpha value is -0.510. The Bertz CT molecular complexity index is 548. The maximum absolute atomic E-state index is 12.8. The highest BCUT2D eigenvalue weighted by molar-refractivity contribution is 9.10. The molecule has 17 heavy (non-hydrogen) atoms. The first-order valence-electron chi connectivity index (χ1n) is 4.30. The topological polar surface area (TPSA) is 83.5 Å². The number of hydrogen-bond donors (Lipinski definition) is 2. The van der Waals surface area contributed by atoms with Crippen LogP contribution in [0.5, 0.6) is 0 Å². The predicted molar refractivity (Wildman–Crippen MR) is 66.9 cm³/mol. The van der Waals surface area contributed by atoms with E-state index in [1.54, 1.807) is 0 Å². The smallest absolute Gasteiger partial charge is 0.249 e. The van der Waals surface area contributed by atoms with Crippen LogP contribution >= 0.6 is 15.9 Å². The molecule has 0 amide bonds. The Kier molecular flexibility index (Phi) is 4.64. The molecule has 0 aliphatic carbocycles. The van der Waals surface area contributed by atoms with E-state index in [0.29, 0.717) is 0 Å². The molecule has 1 aromatic rings. The summed E-state index contributed by atoms with van der Waals surface area (Å²) in [4.78, 5) is 0. The van der Waals surface area contributed by atoms with Crippen molar-refractivity contribution < 1.29 is 21.6 Å². The molecule has 1 rings (SSSR count). The second-order valence-corrected chi connectivity index (χ2v) is 7.53. The van der Waals surface area contributed by atoms with Crippen LogP contribution in [0.4, 0.5) is 10.1 Å². The molecule has 0 saturated heterocycles. The number of anilines is 1. The van der Waals surface area contributed by atoms with E-state index in [0.717, 1.165) is 19.1 Å². The van der Waals surface area contributed by atoms with Gasteiger partial charge in [-0.2, -0.15) is 0 Å². The maximum Gasteiger partial charge on any atom is 0.249 e. The minimum absolute atomic E-state index is 0.101. The highest BCUT2D eigenvalue weighted by Gasteiger charge is 2.26. The third kappa shape index (κ3) is 3.73. The van der Waals surface area contributed by atoms with Crippen molar-refractivity contribution in [3.05, 3.63) is 28.5 Å². The second-order valence-electron chi connectivity index (χ2n) is 3.12. The van der Waals surface area contributed by atoms with Gasteiger partial charge in [-0.05, 0) is 41.1 Å². The zero-order valence-corrected chi connectivity index (χ0v) is 11.8. The molecule has 2 unspecified atom stereocenters. The number of halogens is 2. The molecular weight excluding hydrogens is 337 g/mol. The van der Waals surface area contributed by atoms with Crippen LogP contribution in [0.2, 0.25) is 0 Å². The highest BCUT2D eigenvalue weighted by Crippen LogP contribution is 2.25. The summed E-state index contributed by atoms with van der Waals surface area (Å²) in [6.45, 7) is 1.09. The monoisotopic (exact) mass is 345 g/mol. The van der Waals surface area contributed by atoms with E-state index in [1.165, 1.54) is 6.07 Å². The molecule has 2 atom stereocenters. The molecule has 0 fully saturated rings. The maximum atomic E-state index is 12.8. The lowest BCUT2D eigenvalue weighted by molar-refractivity contribution is 0.556. The van der Waals surface area contributed by atoms with Crippen LogP contribution in [-0.4, -0.2) is 21.8 Å². The van der Waals surface area contributed by atoms with E-state index in [-0.39, 0.29) is 10.2 Å². The lowest BCUT2D eigenvalue weighted by Crippen LogP contribution is -2.28. The van der Waals surface area contributed by atoms with Crippen molar-refractivity contribution in [1.82, 2.24) is 0 Å². The molecule has 0 aliphatic heterocycles. The van der Waals surface area contributed by atoms with E-state index < -0.39 is 31.5 Å². The molecule has 0 aromatic heterocycles. The zero-order chi connectivity index (χ0) is 13.2. The van der Waals surface area contributed by atoms with E-state index >= 15 is 0 Å². The summed E-state index contributed by atoms with van der Waals surface area (Å²) in [7, 11) is -4.00. The molecule has 0 bridgehead atoms. The molecule has 2 N–H and O–H groups in total. The van der Waals surface area contributed by atoms with Gasteiger partial charge in [-0.1, -0.05) is 0 Å². The van der Waals surface area contributed by atoms with E-state index in [4.69, 9.17) is 4.55 Å². The Labute approximate surface area is 109 Å². The average molecular weight is 346 g/mol. The summed E-state index contributed by atoms with van der Waals surface area (Å²) >= 11 is 0.476. The molecule has 1 aromatic carbocycles. The normalized spacial score (nSPS) is 15.3. The predicted octanol–water partition coefficient (Wildman–Crippen LogP) is 1.90. The number of nitrogens with one attached hydrogen (secondary N) is 1. The molecule has 9 heteroatoms. The summed E-state index contributed by atoms with van der Waals surface area (Å²) in [6, 6.07) is 3.37. The van der Waals surface area contributed by atoms with Crippen LogP contribution in [-0.2, 0) is 21.1 Å². The van der Waals surface area contributed by atoms with Gasteiger partial charge in [0, 0.05) is 4.47 Å². The standard InChI is InChI=1S/C8H9BrFNO4S2/c1-5(16(12)13)17(14,15)11-8-3-2-6(10)4-7(8)9/h2-5,11H,1H3,(H,12,13). The molecule has 0 radical (unpaired) electrons. The van der Waals surface area contributed by atoms with Gasteiger partial charge in [0.1, 0.15) is 5.82 Å². The van der Waals surface area contributed by atoms with Gasteiger partial charge in [0.05, 0.1) is 5.69 Å². The van der Waals surface area contributed by atoms with Crippen molar-refractivity contribution in [2.24, 2.45) is 0 Å². The summed E-state index contributed by atoms with van der Waals surface area (Å²) in [5, 5.41) is 0. The Balaban J connectivity index is 3.02. The van der Waals surface area contributed by atoms with E-state index in [2.05, 4.69) is 20.7 Å². The summed E-state index contributed by atoms with van der Waals surface area (Å²) < 4.78 is 56.2. The van der Waals surface area contributed by atoms with Gasteiger partial charge in [0.15, 0.2) is 15.7 Å². The molecule has 0 aliphatic rings. The fourth-order valence-electron chi connectivity index (χ4n) is 0.917. The van der Waals surface area contributed by atoms with Crippen molar-refractivity contribution in [3.63, 3.8) is 0 Å². The third-order valence-electron chi connectivity index (χ3n) is 1.90. The lowest BCUT2D eigenvalue weighted by atomic mass is 10.3. The SMILES string of the molecule is CC(S(=O)O)S(=O)(=O)Nc1ccc(F)cc1Br. The number of sulfonamides is 1. The van der Waals surface area contributed by atoms with Gasteiger partial charge in [-0.25, -0.2) is 17.0 Å². The van der Waals surface area contributed by atoms with Crippen LogP contribution in [0, 0.1) is 5.82 Å². The van der Waals surface area contributed by atoms with Crippen LogP contribution < -0.4 is 4.72 Å². The largest absolute Gasteiger partial charge is 0.305 e. The van der Waals surface area contributed by atoms with Crippen molar-refractivity contribution in [2.45, 2.75) is 11.5 Å². The summed E-state index contributed by atoms with van der Waals surface area (Å²) in [6.07, 6.45) is 0. The lowest BCUT2D eigenvalue weighted by Gasteiger charge is -2.12. The fraction of sp³-hybridized carbons (Fsp3) is 0.250. The molecule has 5 nitrogen and oxygen atoms in total. The zero-order valence-electron chi connectivity index (χ0n) is 8.55. The van der Waals surface area contributed by atoms with Gasteiger partial charge in [0.2, 0.25) is 10.0 Å². The summed E-state index contributed by atoms with van der Waals surface area (Å²) in [5.41, 5.74) is 0.101. The molecule has 0 heterocycles. The van der Waals surface area contributed by atoms with Gasteiger partial charge < -0.3 is 4.55 Å². The first-order chi connectivity index (χ1) is 7.74. The van der Waals surface area contributed by atoms with Crippen LogP contribution in [0.25, 0.3) is 0 Å². The Morgan fingerprint density at radius 2 is 2.12 bits per heavy atom. The van der Waals surface area contributed by atoms with Gasteiger partial charge in [0.25, 0.3) is 0 Å². The molecule has 96 valence electrons. The van der Waals surface area contributed by atoms with Gasteiger partial charge in [-0.15, -0.1) is 0 Å². The minimum Gasteiger partial charge on any atom is -0.305 e. The van der Waals surface area contributed by atoms with E-state index in [9.17, 15) is 17.0 Å². The van der Waals surface area contributed by atoms with Crippen molar-refractivity contribution in [2.75, 3.05) is 4.72 Å². The van der Waals surface area contributed by atoms with Crippen molar-refractivity contribution in [3.8, 4) is 0 Å².